The highest BCUT2D eigenvalue weighted by Crippen LogP contribution is 2.24. The van der Waals surface area contributed by atoms with Crippen molar-refractivity contribution < 1.29 is 9.84 Å². The van der Waals surface area contributed by atoms with Crippen molar-refractivity contribution >= 4 is 0 Å². The first kappa shape index (κ1) is 20.3. The number of hydrogen-bond acceptors (Lipinski definition) is 4. The molecule has 0 spiro atoms. The van der Waals surface area contributed by atoms with Crippen LogP contribution in [0.3, 0.4) is 0 Å². The van der Waals surface area contributed by atoms with Crippen LogP contribution in [0.4, 0.5) is 0 Å². The second-order valence-corrected chi connectivity index (χ2v) is 7.20. The highest BCUT2D eigenvalue weighted by molar-refractivity contribution is 5.08. The Morgan fingerprint density at radius 2 is 1.91 bits per heavy atom. The molecule has 0 atom stereocenters. The van der Waals surface area contributed by atoms with Crippen LogP contribution in [0, 0.1) is 0 Å². The normalized spacial score (nSPS) is 16.2. The van der Waals surface area contributed by atoms with Crippen molar-refractivity contribution in [2.75, 3.05) is 19.7 Å². The SMILES string of the molecule is CCCCCN/C(CCNC1CC1)=C(/CC)OC(C)(C)CCO. The van der Waals surface area contributed by atoms with Gasteiger partial charge in [0, 0.05) is 45.0 Å². The Morgan fingerprint density at radius 3 is 2.48 bits per heavy atom. The molecule has 136 valence electrons. The molecule has 4 nitrogen and oxygen atoms in total. The monoisotopic (exact) mass is 326 g/mol. The number of allylic oxidation sites excluding steroid dienone is 1. The number of aliphatic hydroxyl groups is 1. The standard InChI is InChI=1S/C19H38N2O2/c1-5-7-8-13-21-17(11-14-20-16-9-10-16)18(6-2)23-19(3,4)12-15-22/h16,20-22H,5-15H2,1-4H3/b18-17-. The third-order valence-electron chi connectivity index (χ3n) is 4.28. The molecule has 4 heteroatoms. The number of unbranched alkanes of at least 4 members (excludes halogenated alkanes) is 2. The van der Waals surface area contributed by atoms with Gasteiger partial charge in [-0.15, -0.1) is 0 Å². The smallest absolute Gasteiger partial charge is 0.115 e. The first-order chi connectivity index (χ1) is 11.0. The van der Waals surface area contributed by atoms with Crippen LogP contribution in [0.15, 0.2) is 11.5 Å². The zero-order valence-electron chi connectivity index (χ0n) is 15.7. The van der Waals surface area contributed by atoms with Crippen LogP contribution in [0.5, 0.6) is 0 Å². The number of aliphatic hydroxyl groups excluding tert-OH is 1. The molecule has 0 amide bonds. The first-order valence-electron chi connectivity index (χ1n) is 9.51. The third kappa shape index (κ3) is 9.21. The molecule has 0 radical (unpaired) electrons. The third-order valence-corrected chi connectivity index (χ3v) is 4.28. The van der Waals surface area contributed by atoms with E-state index >= 15 is 0 Å². The van der Waals surface area contributed by atoms with Crippen LogP contribution in [0.1, 0.15) is 79.1 Å². The van der Waals surface area contributed by atoms with Crippen LogP contribution in [0.25, 0.3) is 0 Å². The van der Waals surface area contributed by atoms with Gasteiger partial charge in [-0.05, 0) is 33.1 Å². The molecular weight excluding hydrogens is 288 g/mol. The first-order valence-corrected chi connectivity index (χ1v) is 9.51. The number of hydrogen-bond donors (Lipinski definition) is 3. The molecule has 1 fully saturated rings. The van der Waals surface area contributed by atoms with E-state index in [2.05, 4.69) is 38.3 Å². The molecule has 0 unspecified atom stereocenters. The molecule has 0 aromatic rings. The second kappa shape index (κ2) is 10.9. The van der Waals surface area contributed by atoms with Crippen molar-refractivity contribution in [3.8, 4) is 0 Å². The zero-order chi connectivity index (χ0) is 17.1. The van der Waals surface area contributed by atoms with E-state index in [0.29, 0.717) is 6.42 Å². The Balaban J connectivity index is 2.63. The van der Waals surface area contributed by atoms with Crippen molar-refractivity contribution in [3.63, 3.8) is 0 Å². The molecule has 0 aliphatic heterocycles. The van der Waals surface area contributed by atoms with E-state index in [-0.39, 0.29) is 12.2 Å². The van der Waals surface area contributed by atoms with Gasteiger partial charge >= 0.3 is 0 Å². The van der Waals surface area contributed by atoms with Crippen molar-refractivity contribution in [2.24, 2.45) is 0 Å². The lowest BCUT2D eigenvalue weighted by atomic mass is 10.1. The Hall–Kier alpha value is -0.740. The van der Waals surface area contributed by atoms with Gasteiger partial charge in [0.15, 0.2) is 0 Å². The fraction of sp³-hybridized carbons (Fsp3) is 0.895. The van der Waals surface area contributed by atoms with E-state index in [1.54, 1.807) is 0 Å². The number of nitrogens with one attached hydrogen (secondary N) is 2. The summed E-state index contributed by atoms with van der Waals surface area (Å²) in [7, 11) is 0. The van der Waals surface area contributed by atoms with Crippen LogP contribution >= 0.6 is 0 Å². The summed E-state index contributed by atoms with van der Waals surface area (Å²) in [5, 5.41) is 16.4. The van der Waals surface area contributed by atoms with Gasteiger partial charge in [-0.25, -0.2) is 0 Å². The van der Waals surface area contributed by atoms with Gasteiger partial charge in [-0.1, -0.05) is 26.7 Å². The van der Waals surface area contributed by atoms with Crippen molar-refractivity contribution in [2.45, 2.75) is 90.7 Å². The largest absolute Gasteiger partial charge is 0.490 e. The molecule has 0 aromatic heterocycles. The summed E-state index contributed by atoms with van der Waals surface area (Å²) in [5.74, 6) is 1.05. The van der Waals surface area contributed by atoms with E-state index in [0.717, 1.165) is 37.7 Å². The van der Waals surface area contributed by atoms with E-state index in [4.69, 9.17) is 4.74 Å². The van der Waals surface area contributed by atoms with Crippen LogP contribution < -0.4 is 10.6 Å². The Labute approximate surface area is 143 Å². The quantitative estimate of drug-likeness (QED) is 0.336. The average Bonchev–Trinajstić information content (AvgIpc) is 3.31. The van der Waals surface area contributed by atoms with Gasteiger partial charge in [0.25, 0.3) is 0 Å². The predicted octanol–water partition coefficient (Wildman–Crippen LogP) is 3.71. The van der Waals surface area contributed by atoms with Crippen molar-refractivity contribution in [1.29, 1.82) is 0 Å². The van der Waals surface area contributed by atoms with Gasteiger partial charge in [0.2, 0.25) is 0 Å². The Bertz CT molecular complexity index is 349. The van der Waals surface area contributed by atoms with E-state index in [1.807, 2.05) is 0 Å². The lowest BCUT2D eigenvalue weighted by Crippen LogP contribution is -2.29. The molecule has 0 saturated heterocycles. The van der Waals surface area contributed by atoms with E-state index < -0.39 is 0 Å². The van der Waals surface area contributed by atoms with Crippen molar-refractivity contribution in [3.05, 3.63) is 11.5 Å². The summed E-state index contributed by atoms with van der Waals surface area (Å²) >= 11 is 0. The maximum atomic E-state index is 9.21. The summed E-state index contributed by atoms with van der Waals surface area (Å²) in [6, 6.07) is 0.744. The predicted molar refractivity (Wildman–Crippen MR) is 97.4 cm³/mol. The number of rotatable bonds is 14. The topological polar surface area (TPSA) is 53.5 Å². The molecule has 1 saturated carbocycles. The highest BCUT2D eigenvalue weighted by atomic mass is 16.5. The molecule has 1 aliphatic rings. The molecule has 1 aliphatic carbocycles. The minimum Gasteiger partial charge on any atom is -0.490 e. The van der Waals surface area contributed by atoms with E-state index in [1.165, 1.54) is 37.8 Å². The zero-order valence-corrected chi connectivity index (χ0v) is 15.7. The summed E-state index contributed by atoms with van der Waals surface area (Å²) in [6.45, 7) is 10.7. The molecule has 0 heterocycles. The fourth-order valence-corrected chi connectivity index (χ4v) is 2.63. The maximum Gasteiger partial charge on any atom is 0.115 e. The van der Waals surface area contributed by atoms with Crippen molar-refractivity contribution in [1.82, 2.24) is 10.6 Å². The van der Waals surface area contributed by atoms with Gasteiger partial charge in [0.1, 0.15) is 11.4 Å². The van der Waals surface area contributed by atoms with Gasteiger partial charge < -0.3 is 20.5 Å². The highest BCUT2D eigenvalue weighted by Gasteiger charge is 2.23. The van der Waals surface area contributed by atoms with E-state index in [9.17, 15) is 5.11 Å². The molecule has 3 N–H and O–H groups in total. The molecule has 1 rings (SSSR count). The average molecular weight is 327 g/mol. The summed E-state index contributed by atoms with van der Waals surface area (Å²) < 4.78 is 6.25. The number of ether oxygens (including phenoxy) is 1. The van der Waals surface area contributed by atoms with Crippen LogP contribution in [-0.4, -0.2) is 36.4 Å². The lowest BCUT2D eigenvalue weighted by molar-refractivity contribution is 0.00779. The second-order valence-electron chi connectivity index (χ2n) is 7.20. The van der Waals surface area contributed by atoms with Gasteiger partial charge in [-0.3, -0.25) is 0 Å². The van der Waals surface area contributed by atoms with Gasteiger partial charge in [-0.2, -0.15) is 0 Å². The Morgan fingerprint density at radius 1 is 1.17 bits per heavy atom. The maximum absolute atomic E-state index is 9.21. The molecule has 0 bridgehead atoms. The molecule has 0 aromatic carbocycles. The minimum absolute atomic E-state index is 0.159. The Kier molecular flexibility index (Phi) is 9.65. The molecule has 23 heavy (non-hydrogen) atoms. The summed E-state index contributed by atoms with van der Waals surface area (Å²) in [6.07, 6.45) is 8.87. The van der Waals surface area contributed by atoms with Crippen LogP contribution in [-0.2, 0) is 4.74 Å². The molecular formula is C19H38N2O2. The lowest BCUT2D eigenvalue weighted by Gasteiger charge is -2.29. The minimum atomic E-state index is -0.319. The fourth-order valence-electron chi connectivity index (χ4n) is 2.63. The van der Waals surface area contributed by atoms with Crippen LogP contribution in [0.2, 0.25) is 0 Å². The summed E-state index contributed by atoms with van der Waals surface area (Å²) in [5.41, 5.74) is 0.920. The van der Waals surface area contributed by atoms with Gasteiger partial charge in [0.05, 0.1) is 5.70 Å². The summed E-state index contributed by atoms with van der Waals surface area (Å²) in [4.78, 5) is 0.